The average Bonchev–Trinajstić information content (AvgIpc) is 2.83. The molecular formula is C22H29N5O5S. The van der Waals surface area contributed by atoms with Crippen molar-refractivity contribution >= 4 is 32.8 Å². The molecule has 0 N–H and O–H groups in total. The quantitative estimate of drug-likeness (QED) is 0.462. The first-order valence-electron chi connectivity index (χ1n) is 10.9. The number of rotatable bonds is 6. The Bertz CT molecular complexity index is 1110. The van der Waals surface area contributed by atoms with Gasteiger partial charge in [-0.25, -0.2) is 8.42 Å². The van der Waals surface area contributed by atoms with E-state index in [1.807, 2.05) is 30.3 Å². The summed E-state index contributed by atoms with van der Waals surface area (Å²) in [5.41, 5.74) is 2.57. The van der Waals surface area contributed by atoms with Crippen LogP contribution in [-0.2, 0) is 10.0 Å². The van der Waals surface area contributed by atoms with E-state index in [1.54, 1.807) is 19.2 Å². The van der Waals surface area contributed by atoms with Crippen molar-refractivity contribution in [2.75, 3.05) is 80.4 Å². The fraction of sp³-hybridized carbons (Fsp3) is 0.455. The lowest BCUT2D eigenvalue weighted by Gasteiger charge is -2.38. The number of methoxy groups -OCH3 is 1. The molecule has 0 amide bonds. The van der Waals surface area contributed by atoms with E-state index in [2.05, 4.69) is 14.7 Å². The third-order valence-electron chi connectivity index (χ3n) is 6.27. The molecule has 0 radical (unpaired) electrons. The molecule has 2 aromatic carbocycles. The zero-order chi connectivity index (χ0) is 23.6. The molecule has 11 heteroatoms. The van der Waals surface area contributed by atoms with Crippen LogP contribution in [0.15, 0.2) is 42.5 Å². The molecule has 2 heterocycles. The lowest BCUT2D eigenvalue weighted by Crippen LogP contribution is -2.48. The molecule has 0 unspecified atom stereocenters. The molecule has 2 fully saturated rings. The van der Waals surface area contributed by atoms with Crippen LogP contribution in [0.5, 0.6) is 5.75 Å². The molecule has 33 heavy (non-hydrogen) atoms. The lowest BCUT2D eigenvalue weighted by atomic mass is 10.1. The number of nitro benzene ring substituents is 1. The summed E-state index contributed by atoms with van der Waals surface area (Å²) < 4.78 is 30.5. The van der Waals surface area contributed by atoms with Crippen molar-refractivity contribution in [3.8, 4) is 5.75 Å². The van der Waals surface area contributed by atoms with Crippen molar-refractivity contribution < 1.29 is 18.1 Å². The molecule has 2 aliphatic rings. The van der Waals surface area contributed by atoms with Gasteiger partial charge in [0.05, 0.1) is 24.0 Å². The number of anilines is 3. The monoisotopic (exact) mass is 475 g/mol. The zero-order valence-corrected chi connectivity index (χ0v) is 19.7. The molecule has 0 atom stereocenters. The number of nitrogens with zero attached hydrogens (tertiary/aromatic N) is 5. The van der Waals surface area contributed by atoms with E-state index >= 15 is 0 Å². The van der Waals surface area contributed by atoms with Gasteiger partial charge < -0.3 is 19.4 Å². The minimum Gasteiger partial charge on any atom is -0.495 e. The number of hydrogen-bond acceptors (Lipinski definition) is 8. The lowest BCUT2D eigenvalue weighted by molar-refractivity contribution is -0.384. The highest BCUT2D eigenvalue weighted by Crippen LogP contribution is 2.35. The highest BCUT2D eigenvalue weighted by Gasteiger charge is 2.28. The molecule has 0 aliphatic carbocycles. The van der Waals surface area contributed by atoms with Crippen molar-refractivity contribution in [2.45, 2.75) is 0 Å². The SMILES string of the molecule is COc1ccccc1N1CCN(c2cc(N3CCN(S(C)(=O)=O)CC3)ccc2[N+](=O)[O-])CC1. The van der Waals surface area contributed by atoms with Gasteiger partial charge in [-0.05, 0) is 24.3 Å². The van der Waals surface area contributed by atoms with Crippen LogP contribution >= 0.6 is 0 Å². The summed E-state index contributed by atoms with van der Waals surface area (Å²) in [5.74, 6) is 0.812. The van der Waals surface area contributed by atoms with Gasteiger partial charge >= 0.3 is 0 Å². The standard InChI is InChI=1S/C22H29N5O5S/c1-32-22-6-4-3-5-20(22)24-9-11-25(12-10-24)21-17-18(7-8-19(21)27(28)29)23-13-15-26(16-14-23)33(2,30)31/h3-8,17H,9-16H2,1-2H3. The Hall–Kier alpha value is -3.05. The van der Waals surface area contributed by atoms with Crippen LogP contribution in [0.2, 0.25) is 0 Å². The second kappa shape index (κ2) is 9.44. The van der Waals surface area contributed by atoms with Gasteiger partial charge in [-0.2, -0.15) is 4.31 Å². The minimum absolute atomic E-state index is 0.0827. The summed E-state index contributed by atoms with van der Waals surface area (Å²) in [6, 6.07) is 13.0. The minimum atomic E-state index is -3.21. The summed E-state index contributed by atoms with van der Waals surface area (Å²) in [6.07, 6.45) is 1.22. The van der Waals surface area contributed by atoms with Crippen LogP contribution in [0.25, 0.3) is 0 Å². The number of para-hydroxylation sites is 2. The normalized spacial score (nSPS) is 17.8. The van der Waals surface area contributed by atoms with Crippen LogP contribution < -0.4 is 19.4 Å². The first-order chi connectivity index (χ1) is 15.8. The molecule has 0 saturated carbocycles. The molecule has 2 aromatic rings. The Morgan fingerprint density at radius 3 is 2.00 bits per heavy atom. The molecule has 0 spiro atoms. The number of hydrogen-bond donors (Lipinski definition) is 0. The van der Waals surface area contributed by atoms with Crippen LogP contribution in [0.1, 0.15) is 0 Å². The van der Waals surface area contributed by atoms with Crippen LogP contribution in [0.3, 0.4) is 0 Å². The van der Waals surface area contributed by atoms with E-state index in [9.17, 15) is 18.5 Å². The van der Waals surface area contributed by atoms with Crippen molar-refractivity contribution in [1.29, 1.82) is 0 Å². The smallest absolute Gasteiger partial charge is 0.292 e. The Balaban J connectivity index is 1.51. The van der Waals surface area contributed by atoms with Gasteiger partial charge in [-0.3, -0.25) is 10.1 Å². The maximum Gasteiger partial charge on any atom is 0.292 e. The first-order valence-corrected chi connectivity index (χ1v) is 12.7. The molecular weight excluding hydrogens is 446 g/mol. The highest BCUT2D eigenvalue weighted by molar-refractivity contribution is 7.88. The molecule has 2 saturated heterocycles. The third-order valence-corrected chi connectivity index (χ3v) is 7.58. The topological polar surface area (TPSA) is 99.5 Å². The molecule has 0 aromatic heterocycles. The number of nitro groups is 1. The predicted molar refractivity (Wildman–Crippen MR) is 129 cm³/mol. The van der Waals surface area contributed by atoms with Crippen LogP contribution in [0, 0.1) is 10.1 Å². The van der Waals surface area contributed by atoms with Crippen molar-refractivity contribution in [2.24, 2.45) is 0 Å². The van der Waals surface area contributed by atoms with Crippen LogP contribution in [0.4, 0.5) is 22.7 Å². The average molecular weight is 476 g/mol. The number of piperazine rings is 2. The van der Waals surface area contributed by atoms with Gasteiger partial charge in [-0.15, -0.1) is 0 Å². The summed E-state index contributed by atoms with van der Waals surface area (Å²) in [6.45, 7) is 4.63. The number of ether oxygens (including phenoxy) is 1. The second-order valence-corrected chi connectivity index (χ2v) is 10.2. The number of sulfonamides is 1. The van der Waals surface area contributed by atoms with Gasteiger partial charge in [0, 0.05) is 64.1 Å². The van der Waals surface area contributed by atoms with Crippen molar-refractivity contribution in [3.05, 3.63) is 52.6 Å². The Morgan fingerprint density at radius 1 is 0.848 bits per heavy atom. The first kappa shape index (κ1) is 23.1. The van der Waals surface area contributed by atoms with E-state index in [1.165, 1.54) is 10.6 Å². The fourth-order valence-corrected chi connectivity index (χ4v) is 5.30. The Labute approximate surface area is 194 Å². The molecule has 4 rings (SSSR count). The van der Waals surface area contributed by atoms with Crippen LogP contribution in [-0.4, -0.2) is 83.4 Å². The zero-order valence-electron chi connectivity index (χ0n) is 18.9. The van der Waals surface area contributed by atoms with E-state index in [0.29, 0.717) is 45.0 Å². The summed E-state index contributed by atoms with van der Waals surface area (Å²) in [5, 5.41) is 11.7. The van der Waals surface area contributed by atoms with E-state index in [4.69, 9.17) is 4.74 Å². The Morgan fingerprint density at radius 2 is 1.42 bits per heavy atom. The van der Waals surface area contributed by atoms with Gasteiger partial charge in [0.15, 0.2) is 0 Å². The number of benzene rings is 2. The van der Waals surface area contributed by atoms with Gasteiger partial charge in [0.1, 0.15) is 11.4 Å². The van der Waals surface area contributed by atoms with Gasteiger partial charge in [0.2, 0.25) is 10.0 Å². The van der Waals surface area contributed by atoms with Gasteiger partial charge in [0.25, 0.3) is 5.69 Å². The second-order valence-electron chi connectivity index (χ2n) is 8.23. The van der Waals surface area contributed by atoms with E-state index < -0.39 is 10.0 Å². The molecule has 0 bridgehead atoms. The Kier molecular flexibility index (Phi) is 6.61. The largest absolute Gasteiger partial charge is 0.495 e. The maximum atomic E-state index is 11.8. The molecule has 2 aliphatic heterocycles. The maximum absolute atomic E-state index is 11.8. The summed E-state index contributed by atoms with van der Waals surface area (Å²) >= 11 is 0. The van der Waals surface area contributed by atoms with Crippen molar-refractivity contribution in [1.82, 2.24) is 4.31 Å². The third kappa shape index (κ3) is 4.98. The highest BCUT2D eigenvalue weighted by atomic mass is 32.2. The molecule has 178 valence electrons. The van der Waals surface area contributed by atoms with E-state index in [0.717, 1.165) is 30.2 Å². The summed E-state index contributed by atoms with van der Waals surface area (Å²) in [4.78, 5) is 17.8. The van der Waals surface area contributed by atoms with E-state index in [-0.39, 0.29) is 10.6 Å². The van der Waals surface area contributed by atoms with Crippen molar-refractivity contribution in [3.63, 3.8) is 0 Å². The fourth-order valence-electron chi connectivity index (χ4n) is 4.47. The summed E-state index contributed by atoms with van der Waals surface area (Å²) in [7, 11) is -1.56. The predicted octanol–water partition coefficient (Wildman–Crippen LogP) is 2.01. The van der Waals surface area contributed by atoms with Gasteiger partial charge in [-0.1, -0.05) is 12.1 Å². The molecule has 10 nitrogen and oxygen atoms in total.